The number of nitrogens with zero attached hydrogens (tertiary/aromatic N) is 2. The van der Waals surface area contributed by atoms with Crippen LogP contribution in [0.2, 0.25) is 5.02 Å². The standard InChI is InChI=1S/C22H28ClN3OS/c1-15(27)24-22-20(17-8-4-6-10-19(17)28-22)21(16-7-3-5-9-18(16)23)26-13-11-25(2)12-14-26/h3,5,7,9,21H,4,6,8,10-14H2,1-2H3,(H,24,27). The molecule has 1 aromatic carbocycles. The maximum absolute atomic E-state index is 12.0. The third-order valence-electron chi connectivity index (χ3n) is 5.88. The number of anilines is 1. The maximum Gasteiger partial charge on any atom is 0.221 e. The molecule has 1 aliphatic carbocycles. The van der Waals surface area contributed by atoms with Gasteiger partial charge in [0.1, 0.15) is 5.00 Å². The van der Waals surface area contributed by atoms with E-state index in [0.717, 1.165) is 54.6 Å². The van der Waals surface area contributed by atoms with Crippen molar-refractivity contribution in [2.24, 2.45) is 0 Å². The van der Waals surface area contributed by atoms with Crippen LogP contribution in [0.4, 0.5) is 5.00 Å². The summed E-state index contributed by atoms with van der Waals surface area (Å²) in [5.74, 6) is -0.00358. The average Bonchev–Trinajstić information content (AvgIpc) is 3.02. The first-order chi connectivity index (χ1) is 13.5. The Morgan fingerprint density at radius 2 is 1.86 bits per heavy atom. The quantitative estimate of drug-likeness (QED) is 0.791. The summed E-state index contributed by atoms with van der Waals surface area (Å²) in [5, 5.41) is 4.97. The fourth-order valence-electron chi connectivity index (χ4n) is 4.44. The third-order valence-corrected chi connectivity index (χ3v) is 7.45. The Bertz CT molecular complexity index is 857. The number of piperazine rings is 1. The van der Waals surface area contributed by atoms with E-state index in [-0.39, 0.29) is 11.9 Å². The first-order valence-corrected chi connectivity index (χ1v) is 11.3. The van der Waals surface area contributed by atoms with Crippen molar-refractivity contribution in [1.82, 2.24) is 9.80 Å². The molecule has 2 aliphatic rings. The van der Waals surface area contributed by atoms with E-state index < -0.39 is 0 Å². The van der Waals surface area contributed by atoms with Crippen molar-refractivity contribution in [2.45, 2.75) is 38.6 Å². The second kappa shape index (κ2) is 8.54. The number of nitrogens with one attached hydrogen (secondary N) is 1. The number of thiophene rings is 1. The molecule has 1 amide bonds. The van der Waals surface area contributed by atoms with E-state index in [1.807, 2.05) is 12.1 Å². The summed E-state index contributed by atoms with van der Waals surface area (Å²) >= 11 is 8.48. The molecule has 0 radical (unpaired) electrons. The van der Waals surface area contributed by atoms with Crippen LogP contribution < -0.4 is 5.32 Å². The van der Waals surface area contributed by atoms with Gasteiger partial charge in [-0.05, 0) is 49.9 Å². The van der Waals surface area contributed by atoms with Gasteiger partial charge in [-0.1, -0.05) is 29.8 Å². The molecule has 28 heavy (non-hydrogen) atoms. The number of amides is 1. The zero-order valence-electron chi connectivity index (χ0n) is 16.6. The molecule has 0 spiro atoms. The minimum absolute atomic E-state index is 0.00358. The van der Waals surface area contributed by atoms with E-state index in [1.54, 1.807) is 18.3 Å². The molecule has 4 rings (SSSR count). The fourth-order valence-corrected chi connectivity index (χ4v) is 6.05. The number of likely N-dealkylation sites (N-methyl/N-ethyl adjacent to an activating group) is 1. The van der Waals surface area contributed by atoms with E-state index >= 15 is 0 Å². The van der Waals surface area contributed by atoms with Crippen molar-refractivity contribution in [3.05, 3.63) is 50.9 Å². The van der Waals surface area contributed by atoms with Gasteiger partial charge in [0.2, 0.25) is 5.91 Å². The molecule has 0 saturated carbocycles. The van der Waals surface area contributed by atoms with Gasteiger partial charge >= 0.3 is 0 Å². The lowest BCUT2D eigenvalue weighted by atomic mass is 9.88. The van der Waals surface area contributed by atoms with Crippen molar-refractivity contribution in [3.63, 3.8) is 0 Å². The first kappa shape index (κ1) is 19.9. The number of fused-ring (bicyclic) bond motifs is 1. The lowest BCUT2D eigenvalue weighted by molar-refractivity contribution is -0.114. The van der Waals surface area contributed by atoms with E-state index in [0.29, 0.717) is 0 Å². The van der Waals surface area contributed by atoms with E-state index in [9.17, 15) is 4.79 Å². The smallest absolute Gasteiger partial charge is 0.221 e. The zero-order valence-corrected chi connectivity index (χ0v) is 18.2. The number of halogens is 1. The molecule has 2 aromatic rings. The Morgan fingerprint density at radius 1 is 1.14 bits per heavy atom. The number of aryl methyl sites for hydroxylation is 1. The second-order valence-electron chi connectivity index (χ2n) is 7.90. The third kappa shape index (κ3) is 3.99. The molecule has 1 fully saturated rings. The van der Waals surface area contributed by atoms with Crippen molar-refractivity contribution < 1.29 is 4.79 Å². The molecule has 4 nitrogen and oxygen atoms in total. The van der Waals surface area contributed by atoms with E-state index in [4.69, 9.17) is 11.6 Å². The number of hydrogen-bond acceptors (Lipinski definition) is 4. The summed E-state index contributed by atoms with van der Waals surface area (Å²) < 4.78 is 0. The van der Waals surface area contributed by atoms with Crippen molar-refractivity contribution in [2.75, 3.05) is 38.5 Å². The molecular weight excluding hydrogens is 390 g/mol. The minimum Gasteiger partial charge on any atom is -0.318 e. The molecule has 6 heteroatoms. The summed E-state index contributed by atoms with van der Waals surface area (Å²) in [6.07, 6.45) is 4.66. The minimum atomic E-state index is -0.00358. The van der Waals surface area contributed by atoms with Gasteiger partial charge < -0.3 is 10.2 Å². The summed E-state index contributed by atoms with van der Waals surface area (Å²) in [5.41, 5.74) is 3.88. The molecule has 0 bridgehead atoms. The maximum atomic E-state index is 12.0. The van der Waals surface area contributed by atoms with Crippen molar-refractivity contribution >= 4 is 33.8 Å². The van der Waals surface area contributed by atoms with Gasteiger partial charge in [0.05, 0.1) is 6.04 Å². The number of carbonyl (C=O) groups excluding carboxylic acids is 1. The molecule has 150 valence electrons. The predicted octanol–water partition coefficient (Wildman–Crippen LogP) is 4.58. The molecule has 1 unspecified atom stereocenters. The first-order valence-electron chi connectivity index (χ1n) is 10.1. The molecule has 1 N–H and O–H groups in total. The monoisotopic (exact) mass is 417 g/mol. The summed E-state index contributed by atoms with van der Waals surface area (Å²) in [6, 6.07) is 8.28. The van der Waals surface area contributed by atoms with Crippen LogP contribution >= 0.6 is 22.9 Å². The molecule has 1 atom stereocenters. The highest BCUT2D eigenvalue weighted by molar-refractivity contribution is 7.16. The predicted molar refractivity (Wildman–Crippen MR) is 118 cm³/mol. The van der Waals surface area contributed by atoms with E-state index in [1.165, 1.54) is 28.8 Å². The number of benzene rings is 1. The Balaban J connectivity index is 1.85. The number of hydrogen-bond donors (Lipinski definition) is 1. The zero-order chi connectivity index (χ0) is 19.7. The van der Waals surface area contributed by atoms with Gasteiger partial charge in [-0.25, -0.2) is 0 Å². The SMILES string of the molecule is CC(=O)Nc1sc2c(c1C(c1ccccc1Cl)N1CCN(C)CC1)CCCC2. The Kier molecular flexibility index (Phi) is 6.07. The Morgan fingerprint density at radius 3 is 2.57 bits per heavy atom. The fraction of sp³-hybridized carbons (Fsp3) is 0.500. The topological polar surface area (TPSA) is 35.6 Å². The van der Waals surface area contributed by atoms with Gasteiger partial charge in [-0.15, -0.1) is 11.3 Å². The lowest BCUT2D eigenvalue weighted by Crippen LogP contribution is -2.46. The van der Waals surface area contributed by atoms with Gasteiger partial charge in [-0.2, -0.15) is 0 Å². The second-order valence-corrected chi connectivity index (χ2v) is 9.41. The molecule has 1 aromatic heterocycles. The van der Waals surface area contributed by atoms with Crippen LogP contribution in [0.5, 0.6) is 0 Å². The summed E-state index contributed by atoms with van der Waals surface area (Å²) in [7, 11) is 2.18. The summed E-state index contributed by atoms with van der Waals surface area (Å²) in [4.78, 5) is 18.3. The molecule has 1 aliphatic heterocycles. The van der Waals surface area contributed by atoms with Crippen LogP contribution in [0, 0.1) is 0 Å². The normalized spacial score (nSPS) is 19.2. The van der Waals surface area contributed by atoms with Crippen molar-refractivity contribution in [1.29, 1.82) is 0 Å². The summed E-state index contributed by atoms with van der Waals surface area (Å²) in [6.45, 7) is 5.68. The highest BCUT2D eigenvalue weighted by atomic mass is 35.5. The van der Waals surface area contributed by atoms with Gasteiger partial charge in [0.15, 0.2) is 0 Å². The molecule has 1 saturated heterocycles. The number of rotatable bonds is 4. The average molecular weight is 418 g/mol. The van der Waals surface area contributed by atoms with Crippen LogP contribution in [-0.2, 0) is 17.6 Å². The van der Waals surface area contributed by atoms with Crippen LogP contribution in [-0.4, -0.2) is 48.9 Å². The van der Waals surface area contributed by atoms with E-state index in [2.05, 4.69) is 34.3 Å². The highest BCUT2D eigenvalue weighted by Crippen LogP contribution is 2.46. The highest BCUT2D eigenvalue weighted by Gasteiger charge is 2.33. The van der Waals surface area contributed by atoms with Gasteiger partial charge in [-0.3, -0.25) is 9.69 Å². The largest absolute Gasteiger partial charge is 0.318 e. The van der Waals surface area contributed by atoms with Crippen LogP contribution in [0.3, 0.4) is 0 Å². The van der Waals surface area contributed by atoms with Gasteiger partial charge in [0, 0.05) is 48.6 Å². The van der Waals surface area contributed by atoms with Crippen LogP contribution in [0.15, 0.2) is 24.3 Å². The Labute approximate surface area is 176 Å². The van der Waals surface area contributed by atoms with Gasteiger partial charge in [0.25, 0.3) is 0 Å². The Hall–Kier alpha value is -1.40. The van der Waals surface area contributed by atoms with Crippen molar-refractivity contribution in [3.8, 4) is 0 Å². The molecule has 2 heterocycles. The van der Waals surface area contributed by atoms with Crippen LogP contribution in [0.1, 0.15) is 47.4 Å². The number of carbonyl (C=O) groups is 1. The molecular formula is C22H28ClN3OS. The lowest BCUT2D eigenvalue weighted by Gasteiger charge is -2.39. The van der Waals surface area contributed by atoms with Crippen LogP contribution in [0.25, 0.3) is 0 Å².